The van der Waals surface area contributed by atoms with Gasteiger partial charge < -0.3 is 20.9 Å². The maximum absolute atomic E-state index is 12.6. The van der Waals surface area contributed by atoms with Gasteiger partial charge in [0.25, 0.3) is 5.91 Å². The Balaban J connectivity index is 0.00000338. The van der Waals surface area contributed by atoms with E-state index in [1.165, 1.54) is 0 Å². The second-order valence-corrected chi connectivity index (χ2v) is 6.82. The summed E-state index contributed by atoms with van der Waals surface area (Å²) in [6.45, 7) is 7.58. The summed E-state index contributed by atoms with van der Waals surface area (Å²) in [5.41, 5.74) is 6.64. The molecule has 0 aliphatic carbocycles. The van der Waals surface area contributed by atoms with Gasteiger partial charge in [0.1, 0.15) is 0 Å². The molecule has 1 aromatic carbocycles. The number of anilines is 1. The Hall–Kier alpha value is -1.34. The van der Waals surface area contributed by atoms with E-state index >= 15 is 0 Å². The number of amides is 2. The fourth-order valence-corrected chi connectivity index (χ4v) is 3.10. The summed E-state index contributed by atoms with van der Waals surface area (Å²) in [5.74, 6) is -0.0115. The lowest BCUT2D eigenvalue weighted by Gasteiger charge is -2.32. The van der Waals surface area contributed by atoms with Crippen LogP contribution >= 0.6 is 24.8 Å². The van der Waals surface area contributed by atoms with E-state index < -0.39 is 5.41 Å². The van der Waals surface area contributed by atoms with Gasteiger partial charge in [-0.3, -0.25) is 9.59 Å². The fourth-order valence-electron chi connectivity index (χ4n) is 3.10. The van der Waals surface area contributed by atoms with Crippen molar-refractivity contribution in [1.82, 2.24) is 9.80 Å². The first kappa shape index (κ1) is 25.7. The Kier molecular flexibility index (Phi) is 10.9. The number of nitrogens with two attached hydrogens (primary N) is 1. The molecule has 154 valence electrons. The second kappa shape index (κ2) is 11.5. The van der Waals surface area contributed by atoms with Crippen LogP contribution in [0.25, 0.3) is 0 Å². The predicted molar refractivity (Wildman–Crippen MR) is 115 cm³/mol. The molecule has 1 fully saturated rings. The molecule has 0 spiro atoms. The largest absolute Gasteiger partial charge is 0.336 e. The van der Waals surface area contributed by atoms with Crippen LogP contribution in [0.1, 0.15) is 37.0 Å². The molecular formula is C19H32Cl2N4O2. The average molecular weight is 419 g/mol. The van der Waals surface area contributed by atoms with Gasteiger partial charge in [0.2, 0.25) is 5.91 Å². The van der Waals surface area contributed by atoms with Crippen LogP contribution in [0.4, 0.5) is 5.69 Å². The zero-order valence-corrected chi connectivity index (χ0v) is 18.0. The van der Waals surface area contributed by atoms with Crippen LogP contribution in [0.5, 0.6) is 0 Å². The number of hydrogen-bond donors (Lipinski definition) is 2. The third-order valence-corrected chi connectivity index (χ3v) is 5.41. The number of carbonyl (C=O) groups is 2. The van der Waals surface area contributed by atoms with Gasteiger partial charge in [0.15, 0.2) is 0 Å². The van der Waals surface area contributed by atoms with Crippen molar-refractivity contribution in [2.24, 2.45) is 11.1 Å². The first-order valence-corrected chi connectivity index (χ1v) is 9.05. The van der Waals surface area contributed by atoms with E-state index in [2.05, 4.69) is 17.3 Å². The lowest BCUT2D eigenvalue weighted by atomic mass is 9.81. The molecule has 1 heterocycles. The summed E-state index contributed by atoms with van der Waals surface area (Å²) < 4.78 is 0. The highest BCUT2D eigenvalue weighted by Gasteiger charge is 2.33. The average Bonchev–Trinajstić information content (AvgIpc) is 2.64. The number of nitrogens with zero attached hydrogens (tertiary/aromatic N) is 2. The molecule has 1 aliphatic heterocycles. The Morgan fingerprint density at radius 1 is 1.04 bits per heavy atom. The predicted octanol–water partition coefficient (Wildman–Crippen LogP) is 2.62. The van der Waals surface area contributed by atoms with Crippen LogP contribution in [0.3, 0.4) is 0 Å². The minimum absolute atomic E-state index is 0. The minimum atomic E-state index is -0.533. The molecule has 2 amide bonds. The quantitative estimate of drug-likeness (QED) is 0.743. The molecule has 0 bridgehead atoms. The maximum atomic E-state index is 12.6. The Morgan fingerprint density at radius 3 is 2.00 bits per heavy atom. The molecule has 8 heteroatoms. The van der Waals surface area contributed by atoms with Crippen LogP contribution in [-0.4, -0.2) is 61.4 Å². The van der Waals surface area contributed by atoms with Crippen molar-refractivity contribution in [3.8, 4) is 0 Å². The number of piperazine rings is 1. The summed E-state index contributed by atoms with van der Waals surface area (Å²) in [6.07, 6.45) is 1.40. The second-order valence-electron chi connectivity index (χ2n) is 6.82. The van der Waals surface area contributed by atoms with Crippen molar-refractivity contribution >= 4 is 42.3 Å². The molecule has 1 aliphatic rings. The summed E-state index contributed by atoms with van der Waals surface area (Å²) in [6, 6.07) is 7.12. The van der Waals surface area contributed by atoms with Crippen molar-refractivity contribution in [3.63, 3.8) is 0 Å². The van der Waals surface area contributed by atoms with Crippen LogP contribution in [0, 0.1) is 5.41 Å². The molecule has 0 aromatic heterocycles. The first-order valence-electron chi connectivity index (χ1n) is 9.05. The van der Waals surface area contributed by atoms with Crippen LogP contribution in [0.2, 0.25) is 0 Å². The summed E-state index contributed by atoms with van der Waals surface area (Å²) in [5, 5.41) is 2.94. The van der Waals surface area contributed by atoms with E-state index in [1.807, 2.05) is 18.7 Å². The summed E-state index contributed by atoms with van der Waals surface area (Å²) >= 11 is 0. The number of nitrogens with one attached hydrogen (secondary N) is 1. The lowest BCUT2D eigenvalue weighted by molar-refractivity contribution is -0.125. The molecule has 0 saturated carbocycles. The van der Waals surface area contributed by atoms with Crippen molar-refractivity contribution in [3.05, 3.63) is 29.8 Å². The number of benzene rings is 1. The van der Waals surface area contributed by atoms with Gasteiger partial charge in [-0.25, -0.2) is 0 Å². The van der Waals surface area contributed by atoms with Crippen LogP contribution in [0.15, 0.2) is 24.3 Å². The summed E-state index contributed by atoms with van der Waals surface area (Å²) in [4.78, 5) is 29.2. The number of likely N-dealkylation sites (N-methyl/N-ethyl adjacent to an activating group) is 1. The number of halogens is 2. The Morgan fingerprint density at radius 2 is 1.56 bits per heavy atom. The molecule has 27 heavy (non-hydrogen) atoms. The topological polar surface area (TPSA) is 78.7 Å². The van der Waals surface area contributed by atoms with Crippen LogP contribution in [-0.2, 0) is 4.79 Å². The highest BCUT2D eigenvalue weighted by molar-refractivity contribution is 5.97. The summed E-state index contributed by atoms with van der Waals surface area (Å²) in [7, 11) is 2.06. The van der Waals surface area contributed by atoms with Crippen molar-refractivity contribution in [2.45, 2.75) is 26.7 Å². The Labute approximate surface area is 174 Å². The van der Waals surface area contributed by atoms with Crippen molar-refractivity contribution < 1.29 is 9.59 Å². The number of carbonyl (C=O) groups excluding carboxylic acids is 2. The van der Waals surface area contributed by atoms with E-state index in [0.29, 0.717) is 30.6 Å². The molecule has 1 saturated heterocycles. The molecule has 0 atom stereocenters. The Bertz CT molecular complexity index is 590. The number of hydrogen-bond acceptors (Lipinski definition) is 4. The molecule has 0 radical (unpaired) electrons. The normalized spacial score (nSPS) is 14.7. The van der Waals surface area contributed by atoms with E-state index in [1.54, 1.807) is 24.3 Å². The van der Waals surface area contributed by atoms with Gasteiger partial charge in [0.05, 0.1) is 5.41 Å². The monoisotopic (exact) mass is 418 g/mol. The van der Waals surface area contributed by atoms with Gasteiger partial charge in [-0.2, -0.15) is 0 Å². The van der Waals surface area contributed by atoms with Gasteiger partial charge >= 0.3 is 0 Å². The molecular weight excluding hydrogens is 387 g/mol. The van der Waals surface area contributed by atoms with E-state index in [0.717, 1.165) is 26.2 Å². The molecule has 1 aromatic rings. The van der Waals surface area contributed by atoms with Gasteiger partial charge in [-0.1, -0.05) is 13.8 Å². The number of rotatable bonds is 6. The third-order valence-electron chi connectivity index (χ3n) is 5.41. The van der Waals surface area contributed by atoms with Gasteiger partial charge in [-0.05, 0) is 44.2 Å². The highest BCUT2D eigenvalue weighted by Crippen LogP contribution is 2.27. The van der Waals surface area contributed by atoms with E-state index in [-0.39, 0.29) is 36.6 Å². The fraction of sp³-hybridized carbons (Fsp3) is 0.579. The van der Waals surface area contributed by atoms with Crippen molar-refractivity contribution in [2.75, 3.05) is 45.1 Å². The third kappa shape index (κ3) is 6.07. The lowest BCUT2D eigenvalue weighted by Crippen LogP contribution is -2.47. The van der Waals surface area contributed by atoms with Crippen molar-refractivity contribution in [1.29, 1.82) is 0 Å². The molecule has 3 N–H and O–H groups in total. The zero-order chi connectivity index (χ0) is 18.4. The molecule has 2 rings (SSSR count). The highest BCUT2D eigenvalue weighted by atomic mass is 35.5. The maximum Gasteiger partial charge on any atom is 0.253 e. The SMILES string of the molecule is CCC(CC)(CN)C(=O)Nc1ccc(C(=O)N2CCN(C)CC2)cc1.Cl.Cl. The smallest absolute Gasteiger partial charge is 0.253 e. The van der Waals surface area contributed by atoms with Crippen LogP contribution < -0.4 is 11.1 Å². The van der Waals surface area contributed by atoms with Gasteiger partial charge in [-0.15, -0.1) is 24.8 Å². The standard InChI is InChI=1S/C19H30N4O2.2ClH/c1-4-19(5-2,14-20)18(25)21-16-8-6-15(7-9-16)17(24)23-12-10-22(3)11-13-23;;/h6-9H,4-5,10-14,20H2,1-3H3,(H,21,25);2*1H. The molecule has 0 unspecified atom stereocenters. The minimum Gasteiger partial charge on any atom is -0.336 e. The molecule has 6 nitrogen and oxygen atoms in total. The van der Waals surface area contributed by atoms with E-state index in [4.69, 9.17) is 5.73 Å². The van der Waals surface area contributed by atoms with Gasteiger partial charge in [0, 0.05) is 44.0 Å². The van der Waals surface area contributed by atoms with E-state index in [9.17, 15) is 9.59 Å². The zero-order valence-electron chi connectivity index (χ0n) is 16.4. The first-order chi connectivity index (χ1) is 12.0.